The fourth-order valence-electron chi connectivity index (χ4n) is 2.36. The lowest BCUT2D eigenvalue weighted by molar-refractivity contribution is -0.125. The molecule has 1 atom stereocenters. The Morgan fingerprint density at radius 2 is 1.69 bits per heavy atom. The van der Waals surface area contributed by atoms with Crippen molar-refractivity contribution in [2.24, 2.45) is 4.99 Å². The molecule has 0 saturated carbocycles. The predicted octanol–water partition coefficient (Wildman–Crippen LogP) is 1.82. The first kappa shape index (κ1) is 20.0. The first-order valence-corrected chi connectivity index (χ1v) is 8.94. The minimum Gasteiger partial charge on any atom is -0.364 e. The van der Waals surface area contributed by atoms with Crippen molar-refractivity contribution >= 4 is 39.3 Å². The van der Waals surface area contributed by atoms with E-state index in [0.717, 1.165) is 11.1 Å². The molecular formula is C16H15ClN2O6S. The summed E-state index contributed by atoms with van der Waals surface area (Å²) < 4.78 is 31.6. The highest BCUT2D eigenvalue weighted by atomic mass is 35.5. The number of carbonyl (C=O) groups is 1. The number of nitrogens with zero attached hydrogens (tertiary/aromatic N) is 2. The maximum Gasteiger partial charge on any atom is 0.394 e. The van der Waals surface area contributed by atoms with Crippen LogP contribution >= 0.6 is 11.6 Å². The van der Waals surface area contributed by atoms with Crippen LogP contribution in [0.15, 0.2) is 53.5 Å². The number of rotatable bonds is 1. The Morgan fingerprint density at radius 1 is 1.12 bits per heavy atom. The van der Waals surface area contributed by atoms with E-state index in [2.05, 4.69) is 4.99 Å². The molecule has 0 radical (unpaired) electrons. The monoisotopic (exact) mass is 398 g/mol. The van der Waals surface area contributed by atoms with E-state index in [9.17, 15) is 9.90 Å². The largest absolute Gasteiger partial charge is 0.394 e. The Bertz CT molecular complexity index is 938. The number of anilines is 1. The molecule has 1 aliphatic rings. The fourth-order valence-corrected chi connectivity index (χ4v) is 2.53. The zero-order valence-electron chi connectivity index (χ0n) is 13.4. The normalized spacial score (nSPS) is 16.8. The Kier molecular flexibility index (Phi) is 6.11. The topological polar surface area (TPSA) is 128 Å². The molecule has 0 aromatic heterocycles. The molecule has 0 bridgehead atoms. The second-order valence-electron chi connectivity index (χ2n) is 5.22. The zero-order valence-corrected chi connectivity index (χ0v) is 15.0. The van der Waals surface area contributed by atoms with Crippen LogP contribution in [0.2, 0.25) is 5.02 Å². The lowest BCUT2D eigenvalue weighted by Crippen LogP contribution is -2.34. The minimum absolute atomic E-state index is 0.468. The molecule has 1 heterocycles. The van der Waals surface area contributed by atoms with Crippen molar-refractivity contribution in [1.82, 2.24) is 0 Å². The van der Waals surface area contributed by atoms with Crippen molar-refractivity contribution in [1.29, 1.82) is 0 Å². The van der Waals surface area contributed by atoms with Crippen molar-refractivity contribution in [2.75, 3.05) is 11.9 Å². The van der Waals surface area contributed by atoms with Gasteiger partial charge in [-0.15, -0.1) is 0 Å². The van der Waals surface area contributed by atoms with E-state index in [-0.39, 0.29) is 0 Å². The molecule has 10 heteroatoms. The number of benzodiazepines with no additional fused rings is 1. The second kappa shape index (κ2) is 7.94. The number of halogens is 1. The summed E-state index contributed by atoms with van der Waals surface area (Å²) in [4.78, 5) is 17.7. The van der Waals surface area contributed by atoms with Crippen LogP contribution in [-0.2, 0) is 15.2 Å². The summed E-state index contributed by atoms with van der Waals surface area (Å²) in [5, 5.41) is 10.5. The summed E-state index contributed by atoms with van der Waals surface area (Å²) in [6, 6.07) is 14.6. The van der Waals surface area contributed by atoms with Crippen molar-refractivity contribution in [3.05, 3.63) is 64.7 Å². The molecule has 0 saturated heterocycles. The number of hydrogen-bond donors (Lipinski definition) is 3. The minimum atomic E-state index is -4.67. The van der Waals surface area contributed by atoms with Crippen LogP contribution in [0.4, 0.5) is 5.69 Å². The first-order valence-electron chi connectivity index (χ1n) is 7.16. The van der Waals surface area contributed by atoms with Crippen LogP contribution in [0.1, 0.15) is 11.1 Å². The summed E-state index contributed by atoms with van der Waals surface area (Å²) in [5.74, 6) is -0.468. The van der Waals surface area contributed by atoms with Gasteiger partial charge in [-0.05, 0) is 18.2 Å². The summed E-state index contributed by atoms with van der Waals surface area (Å²) in [6.07, 6.45) is -1.42. The van der Waals surface area contributed by atoms with E-state index in [1.54, 1.807) is 25.2 Å². The Balaban J connectivity index is 0.000000431. The van der Waals surface area contributed by atoms with Crippen LogP contribution < -0.4 is 4.90 Å². The molecule has 3 N–H and O–H groups in total. The maximum atomic E-state index is 12.1. The molecule has 1 amide bonds. The number of likely N-dealkylation sites (N-methyl/N-ethyl adjacent to an activating group) is 1. The van der Waals surface area contributed by atoms with Crippen LogP contribution in [0.25, 0.3) is 0 Å². The van der Waals surface area contributed by atoms with Crippen LogP contribution in [-0.4, -0.2) is 47.5 Å². The molecule has 0 aliphatic carbocycles. The average molecular weight is 399 g/mol. The van der Waals surface area contributed by atoms with Crippen LogP contribution in [0, 0.1) is 0 Å². The SMILES string of the molecule is CN1C(=O)C(O)N=C(c2ccccc2)c2cc(Cl)ccc21.O=S(=O)(O)O. The Hall–Kier alpha value is -2.30. The third-order valence-electron chi connectivity index (χ3n) is 3.43. The van der Waals surface area contributed by atoms with Gasteiger partial charge in [0.2, 0.25) is 6.23 Å². The third-order valence-corrected chi connectivity index (χ3v) is 3.66. The summed E-state index contributed by atoms with van der Waals surface area (Å²) in [6.45, 7) is 0. The van der Waals surface area contributed by atoms with Gasteiger partial charge in [0.1, 0.15) is 0 Å². The number of carbonyl (C=O) groups excluding carboxylic acids is 1. The summed E-state index contributed by atoms with van der Waals surface area (Å²) in [5.41, 5.74) is 2.77. The lowest BCUT2D eigenvalue weighted by Gasteiger charge is -2.18. The molecule has 0 fully saturated rings. The highest BCUT2D eigenvalue weighted by Gasteiger charge is 2.28. The van der Waals surface area contributed by atoms with Crippen molar-refractivity contribution in [3.63, 3.8) is 0 Å². The fraction of sp³-hybridized carbons (Fsp3) is 0.125. The molecule has 3 rings (SSSR count). The van der Waals surface area contributed by atoms with Gasteiger partial charge >= 0.3 is 10.4 Å². The number of aliphatic hydroxyl groups excluding tert-OH is 1. The van der Waals surface area contributed by atoms with Gasteiger partial charge in [0, 0.05) is 23.2 Å². The molecular weight excluding hydrogens is 384 g/mol. The highest BCUT2D eigenvalue weighted by molar-refractivity contribution is 7.79. The van der Waals surface area contributed by atoms with Gasteiger partial charge in [-0.25, -0.2) is 4.99 Å². The van der Waals surface area contributed by atoms with Gasteiger partial charge in [-0.2, -0.15) is 8.42 Å². The highest BCUT2D eigenvalue weighted by Crippen LogP contribution is 2.29. The maximum absolute atomic E-state index is 12.1. The summed E-state index contributed by atoms with van der Waals surface area (Å²) in [7, 11) is -3.05. The quantitative estimate of drug-likeness (QED) is 0.628. The molecule has 1 unspecified atom stereocenters. The van der Waals surface area contributed by atoms with E-state index in [1.165, 1.54) is 4.90 Å². The van der Waals surface area contributed by atoms with E-state index >= 15 is 0 Å². The Morgan fingerprint density at radius 3 is 2.27 bits per heavy atom. The van der Waals surface area contributed by atoms with E-state index in [0.29, 0.717) is 16.4 Å². The third kappa shape index (κ3) is 5.10. The standard InChI is InChI=1S/C16H13ClN2O2.H2O4S/c1-19-13-8-7-11(17)9-12(13)14(18-15(20)16(19)21)10-5-3-2-4-6-10;1-5(2,3)4/h2-9,15,20H,1H3;(H2,1,2,3,4). The smallest absolute Gasteiger partial charge is 0.364 e. The molecule has 8 nitrogen and oxygen atoms in total. The van der Waals surface area contributed by atoms with Gasteiger partial charge in [-0.1, -0.05) is 41.9 Å². The molecule has 26 heavy (non-hydrogen) atoms. The molecule has 138 valence electrons. The van der Waals surface area contributed by atoms with Gasteiger partial charge < -0.3 is 10.0 Å². The number of benzene rings is 2. The number of amides is 1. The zero-order chi connectivity index (χ0) is 19.5. The molecule has 1 aliphatic heterocycles. The van der Waals surface area contributed by atoms with Crippen molar-refractivity contribution < 1.29 is 27.4 Å². The molecule has 0 spiro atoms. The van der Waals surface area contributed by atoms with E-state index in [4.69, 9.17) is 29.1 Å². The predicted molar refractivity (Wildman–Crippen MR) is 97.1 cm³/mol. The number of fused-ring (bicyclic) bond motifs is 1. The number of aliphatic imine (C=N–C) groups is 1. The summed E-state index contributed by atoms with van der Waals surface area (Å²) >= 11 is 6.08. The lowest BCUT2D eigenvalue weighted by atomic mass is 10.0. The van der Waals surface area contributed by atoms with Gasteiger partial charge in [-0.3, -0.25) is 13.9 Å². The molecule has 2 aromatic rings. The van der Waals surface area contributed by atoms with Gasteiger partial charge in [0.05, 0.1) is 11.4 Å². The molecule has 2 aromatic carbocycles. The van der Waals surface area contributed by atoms with Gasteiger partial charge in [0.25, 0.3) is 5.91 Å². The van der Waals surface area contributed by atoms with Crippen LogP contribution in [0.3, 0.4) is 0 Å². The van der Waals surface area contributed by atoms with E-state index in [1.807, 2.05) is 30.3 Å². The Labute approximate surface area is 154 Å². The second-order valence-corrected chi connectivity index (χ2v) is 6.56. The van der Waals surface area contributed by atoms with Gasteiger partial charge in [0.15, 0.2) is 0 Å². The van der Waals surface area contributed by atoms with Crippen LogP contribution in [0.5, 0.6) is 0 Å². The number of aliphatic hydroxyl groups is 1. The van der Waals surface area contributed by atoms with E-state index < -0.39 is 22.5 Å². The van der Waals surface area contributed by atoms with Crippen molar-refractivity contribution in [3.8, 4) is 0 Å². The average Bonchev–Trinajstić information content (AvgIpc) is 2.65. The number of hydrogen-bond acceptors (Lipinski definition) is 5. The first-order chi connectivity index (χ1) is 12.1. The van der Waals surface area contributed by atoms with Crippen molar-refractivity contribution in [2.45, 2.75) is 6.23 Å².